The van der Waals surface area contributed by atoms with Crippen LogP contribution in [-0.4, -0.2) is 33.4 Å². The number of aromatic nitrogens is 1. The molecule has 1 aromatic heterocycles. The first-order valence-electron chi connectivity index (χ1n) is 6.52. The smallest absolute Gasteiger partial charge is 0.319 e. The van der Waals surface area contributed by atoms with E-state index in [-0.39, 0.29) is 5.91 Å². The lowest BCUT2D eigenvalue weighted by Crippen LogP contribution is -2.52. The molecule has 1 N–H and O–H groups in total. The van der Waals surface area contributed by atoms with Crippen molar-refractivity contribution in [2.24, 2.45) is 5.41 Å². The summed E-state index contributed by atoms with van der Waals surface area (Å²) in [5.41, 5.74) is -0.215. The summed E-state index contributed by atoms with van der Waals surface area (Å²) in [5.74, 6) is -1.25. The molecule has 1 aliphatic rings. The minimum absolute atomic E-state index is 0.259. The molecule has 5 nitrogen and oxygen atoms in total. The van der Waals surface area contributed by atoms with Crippen LogP contribution in [0.5, 0.6) is 0 Å². The lowest BCUT2D eigenvalue weighted by molar-refractivity contribution is -0.167. The van der Waals surface area contributed by atoms with Crippen molar-refractivity contribution in [2.75, 3.05) is 6.54 Å². The van der Waals surface area contributed by atoms with E-state index in [0.717, 1.165) is 12.0 Å². The van der Waals surface area contributed by atoms with Crippen molar-refractivity contribution < 1.29 is 14.7 Å². The number of hydrogen-bond donors (Lipinski definition) is 1. The van der Waals surface area contributed by atoms with E-state index in [4.69, 9.17) is 0 Å². The highest BCUT2D eigenvalue weighted by atomic mass is 16.4. The van der Waals surface area contributed by atoms with Gasteiger partial charge in [0.1, 0.15) is 5.41 Å². The number of carboxylic acids is 1. The van der Waals surface area contributed by atoms with Gasteiger partial charge in [0.25, 0.3) is 0 Å². The second-order valence-electron chi connectivity index (χ2n) is 4.92. The SMILES string of the molecule is CCN(Cc1ccncc1)C(=O)C1(C(=O)O)CCC1. The van der Waals surface area contributed by atoms with Gasteiger partial charge < -0.3 is 10.0 Å². The van der Waals surface area contributed by atoms with E-state index in [1.54, 1.807) is 17.3 Å². The first-order chi connectivity index (χ1) is 9.10. The molecule has 19 heavy (non-hydrogen) atoms. The van der Waals surface area contributed by atoms with Gasteiger partial charge in [0, 0.05) is 25.5 Å². The van der Waals surface area contributed by atoms with Crippen LogP contribution >= 0.6 is 0 Å². The van der Waals surface area contributed by atoms with Gasteiger partial charge in [0.05, 0.1) is 0 Å². The fourth-order valence-electron chi connectivity index (χ4n) is 2.39. The van der Waals surface area contributed by atoms with Gasteiger partial charge in [-0.25, -0.2) is 0 Å². The van der Waals surface area contributed by atoms with E-state index in [2.05, 4.69) is 4.98 Å². The molecule has 0 unspecified atom stereocenters. The molecular weight excluding hydrogens is 244 g/mol. The van der Waals surface area contributed by atoms with Crippen LogP contribution in [0.1, 0.15) is 31.7 Å². The number of carbonyl (C=O) groups excluding carboxylic acids is 1. The highest BCUT2D eigenvalue weighted by Gasteiger charge is 2.52. The molecular formula is C14H18N2O3. The number of carboxylic acid groups (broad SMARTS) is 1. The predicted molar refractivity (Wildman–Crippen MR) is 69.2 cm³/mol. The molecule has 1 fully saturated rings. The van der Waals surface area contributed by atoms with Crippen molar-refractivity contribution in [3.63, 3.8) is 0 Å². The number of hydrogen-bond acceptors (Lipinski definition) is 3. The zero-order chi connectivity index (χ0) is 13.9. The number of nitrogens with zero attached hydrogens (tertiary/aromatic N) is 2. The third kappa shape index (κ3) is 2.45. The quantitative estimate of drug-likeness (QED) is 0.820. The largest absolute Gasteiger partial charge is 0.480 e. The van der Waals surface area contributed by atoms with Crippen LogP contribution in [0.3, 0.4) is 0 Å². The van der Waals surface area contributed by atoms with Gasteiger partial charge in [-0.3, -0.25) is 14.6 Å². The highest BCUT2D eigenvalue weighted by Crippen LogP contribution is 2.43. The van der Waals surface area contributed by atoms with E-state index in [0.29, 0.717) is 25.9 Å². The van der Waals surface area contributed by atoms with E-state index in [1.807, 2.05) is 19.1 Å². The molecule has 102 valence electrons. The normalized spacial score (nSPS) is 16.5. The first kappa shape index (κ1) is 13.5. The number of amides is 1. The second kappa shape index (κ2) is 5.38. The Kier molecular flexibility index (Phi) is 3.83. The van der Waals surface area contributed by atoms with Gasteiger partial charge in [-0.15, -0.1) is 0 Å². The molecule has 0 aliphatic heterocycles. The number of carbonyl (C=O) groups is 2. The summed E-state index contributed by atoms with van der Waals surface area (Å²) >= 11 is 0. The molecule has 0 atom stereocenters. The Morgan fingerprint density at radius 2 is 2.00 bits per heavy atom. The van der Waals surface area contributed by atoms with E-state index < -0.39 is 11.4 Å². The summed E-state index contributed by atoms with van der Waals surface area (Å²) in [5, 5.41) is 9.31. The van der Waals surface area contributed by atoms with Crippen molar-refractivity contribution in [3.8, 4) is 0 Å². The zero-order valence-electron chi connectivity index (χ0n) is 11.0. The minimum atomic E-state index is -1.18. The summed E-state index contributed by atoms with van der Waals surface area (Å²) in [4.78, 5) is 29.4. The predicted octanol–water partition coefficient (Wildman–Crippen LogP) is 1.69. The molecule has 0 saturated heterocycles. The summed E-state index contributed by atoms with van der Waals surface area (Å²) in [6.45, 7) is 2.82. The van der Waals surface area contributed by atoms with Gasteiger partial charge in [-0.05, 0) is 37.5 Å². The summed E-state index contributed by atoms with van der Waals surface area (Å²) in [6, 6.07) is 3.67. The number of pyridine rings is 1. The Morgan fingerprint density at radius 3 is 2.42 bits per heavy atom. The van der Waals surface area contributed by atoms with Crippen molar-refractivity contribution in [2.45, 2.75) is 32.7 Å². The second-order valence-corrected chi connectivity index (χ2v) is 4.92. The van der Waals surface area contributed by atoms with Crippen LogP contribution in [0.2, 0.25) is 0 Å². The first-order valence-corrected chi connectivity index (χ1v) is 6.52. The van der Waals surface area contributed by atoms with Crippen LogP contribution < -0.4 is 0 Å². The summed E-state index contributed by atoms with van der Waals surface area (Å²) in [7, 11) is 0. The Hall–Kier alpha value is -1.91. The molecule has 1 aliphatic carbocycles. The van der Waals surface area contributed by atoms with E-state index >= 15 is 0 Å². The molecule has 1 saturated carbocycles. The average molecular weight is 262 g/mol. The minimum Gasteiger partial charge on any atom is -0.480 e. The number of rotatable bonds is 5. The van der Waals surface area contributed by atoms with Gasteiger partial charge >= 0.3 is 5.97 Å². The Labute approximate surface area is 112 Å². The standard InChI is InChI=1S/C14H18N2O3/c1-2-16(10-11-4-8-15-9-5-11)12(17)14(13(18)19)6-3-7-14/h4-5,8-9H,2-3,6-7,10H2,1H3,(H,18,19). The molecule has 0 aromatic carbocycles. The Bertz CT molecular complexity index is 469. The number of aliphatic carboxylic acids is 1. The van der Waals surface area contributed by atoms with Gasteiger partial charge in [-0.2, -0.15) is 0 Å². The molecule has 0 spiro atoms. The van der Waals surface area contributed by atoms with Crippen molar-refractivity contribution in [1.82, 2.24) is 9.88 Å². The Morgan fingerprint density at radius 1 is 1.37 bits per heavy atom. The molecule has 0 bridgehead atoms. The van der Waals surface area contributed by atoms with Crippen molar-refractivity contribution in [1.29, 1.82) is 0 Å². The van der Waals surface area contributed by atoms with Crippen LogP contribution in [0.25, 0.3) is 0 Å². The van der Waals surface area contributed by atoms with Crippen LogP contribution in [0, 0.1) is 5.41 Å². The van der Waals surface area contributed by atoms with Gasteiger partial charge in [0.2, 0.25) is 5.91 Å². The fourth-order valence-corrected chi connectivity index (χ4v) is 2.39. The Balaban J connectivity index is 2.13. The maximum absolute atomic E-state index is 12.5. The molecule has 1 heterocycles. The molecule has 2 rings (SSSR count). The topological polar surface area (TPSA) is 70.5 Å². The van der Waals surface area contributed by atoms with Crippen molar-refractivity contribution in [3.05, 3.63) is 30.1 Å². The van der Waals surface area contributed by atoms with E-state index in [9.17, 15) is 14.7 Å². The highest BCUT2D eigenvalue weighted by molar-refractivity contribution is 6.02. The van der Waals surface area contributed by atoms with Crippen molar-refractivity contribution >= 4 is 11.9 Å². The van der Waals surface area contributed by atoms with Crippen LogP contribution in [0.15, 0.2) is 24.5 Å². The monoisotopic (exact) mass is 262 g/mol. The summed E-state index contributed by atoms with van der Waals surface area (Å²) in [6.07, 6.45) is 5.06. The third-order valence-corrected chi connectivity index (χ3v) is 3.82. The zero-order valence-corrected chi connectivity index (χ0v) is 11.0. The maximum Gasteiger partial charge on any atom is 0.319 e. The fraction of sp³-hybridized carbons (Fsp3) is 0.500. The maximum atomic E-state index is 12.5. The van der Waals surface area contributed by atoms with Gasteiger partial charge in [0.15, 0.2) is 0 Å². The lowest BCUT2D eigenvalue weighted by Gasteiger charge is -2.39. The van der Waals surface area contributed by atoms with Crippen LogP contribution in [-0.2, 0) is 16.1 Å². The average Bonchev–Trinajstić information content (AvgIpc) is 2.35. The summed E-state index contributed by atoms with van der Waals surface area (Å²) < 4.78 is 0. The van der Waals surface area contributed by atoms with Gasteiger partial charge in [-0.1, -0.05) is 6.42 Å². The molecule has 1 aromatic rings. The molecule has 5 heteroatoms. The van der Waals surface area contributed by atoms with Crippen LogP contribution in [0.4, 0.5) is 0 Å². The molecule has 1 amide bonds. The third-order valence-electron chi connectivity index (χ3n) is 3.82. The lowest BCUT2D eigenvalue weighted by atomic mass is 9.67. The van der Waals surface area contributed by atoms with E-state index in [1.165, 1.54) is 0 Å². The molecule has 0 radical (unpaired) electrons.